The monoisotopic (exact) mass is 632 g/mol. The van der Waals surface area contributed by atoms with Crippen molar-refractivity contribution in [3.8, 4) is 5.75 Å². The number of piperidine rings is 1. The molecular formula is C31H29BrN4O4S. The number of ether oxygens (including phenoxy) is 1. The summed E-state index contributed by atoms with van der Waals surface area (Å²) in [5.74, 6) is 1.68. The van der Waals surface area contributed by atoms with Gasteiger partial charge in [0.25, 0.3) is 11.5 Å². The number of thiazole rings is 1. The lowest BCUT2D eigenvalue weighted by molar-refractivity contribution is -0.113. The molecule has 2 aliphatic heterocycles. The standard InChI is InChI=1S/C31H29BrN4O4S/c1-19-26(28(37)34-21-11-5-3-6-12-21)27(20-10-9-13-22(16-20)39-2)36-29(38)25(41-31(36)33-19)18-23-17-24(32)30(40-23)35-14-7-4-8-15-35/h3,5-6,9-13,16-18,27H,4,7-8,14-15H2,1-2H3,(H,34,37)/b25-18+/t27-/m0/s1. The Bertz CT molecular complexity index is 1820. The van der Waals surface area contributed by atoms with Gasteiger partial charge < -0.3 is 19.4 Å². The van der Waals surface area contributed by atoms with Crippen LogP contribution in [0.5, 0.6) is 5.75 Å². The van der Waals surface area contributed by atoms with Crippen LogP contribution < -0.4 is 29.8 Å². The molecule has 10 heteroatoms. The van der Waals surface area contributed by atoms with Crippen molar-refractivity contribution in [3.63, 3.8) is 0 Å². The predicted octanol–water partition coefficient (Wildman–Crippen LogP) is 5.23. The lowest BCUT2D eigenvalue weighted by Gasteiger charge is -2.26. The van der Waals surface area contributed by atoms with Gasteiger partial charge in [0.2, 0.25) is 5.88 Å². The van der Waals surface area contributed by atoms with Crippen molar-refractivity contribution in [1.82, 2.24) is 4.57 Å². The highest BCUT2D eigenvalue weighted by atomic mass is 79.9. The number of aromatic nitrogens is 1. The van der Waals surface area contributed by atoms with Crippen LogP contribution >= 0.6 is 27.3 Å². The molecule has 1 N–H and O–H groups in total. The molecule has 2 aliphatic rings. The van der Waals surface area contributed by atoms with E-state index in [-0.39, 0.29) is 11.5 Å². The number of rotatable bonds is 6. The summed E-state index contributed by atoms with van der Waals surface area (Å²) in [7, 11) is 1.59. The molecule has 210 valence electrons. The van der Waals surface area contributed by atoms with E-state index in [1.54, 1.807) is 24.7 Å². The van der Waals surface area contributed by atoms with E-state index >= 15 is 0 Å². The highest BCUT2D eigenvalue weighted by Gasteiger charge is 2.33. The minimum absolute atomic E-state index is 0.244. The van der Waals surface area contributed by atoms with Crippen molar-refractivity contribution in [1.29, 1.82) is 0 Å². The van der Waals surface area contributed by atoms with Gasteiger partial charge in [-0.2, -0.15) is 0 Å². The number of amides is 1. The number of fused-ring (bicyclic) bond motifs is 1. The van der Waals surface area contributed by atoms with Gasteiger partial charge in [0, 0.05) is 30.9 Å². The largest absolute Gasteiger partial charge is 0.497 e. The second-order valence-electron chi connectivity index (χ2n) is 10.0. The Labute approximate surface area is 249 Å². The van der Waals surface area contributed by atoms with E-state index in [4.69, 9.17) is 14.1 Å². The van der Waals surface area contributed by atoms with Gasteiger partial charge in [-0.15, -0.1) is 0 Å². The minimum Gasteiger partial charge on any atom is -0.497 e. The number of nitrogens with zero attached hydrogens (tertiary/aromatic N) is 3. The Morgan fingerprint density at radius 2 is 1.90 bits per heavy atom. The van der Waals surface area contributed by atoms with Crippen LogP contribution in [-0.4, -0.2) is 30.7 Å². The summed E-state index contributed by atoms with van der Waals surface area (Å²) < 4.78 is 14.6. The molecule has 0 aliphatic carbocycles. The van der Waals surface area contributed by atoms with E-state index in [1.807, 2.05) is 60.7 Å². The number of anilines is 2. The number of benzene rings is 2. The summed E-state index contributed by atoms with van der Waals surface area (Å²) in [4.78, 5) is 35.2. The van der Waals surface area contributed by atoms with E-state index in [2.05, 4.69) is 26.1 Å². The van der Waals surface area contributed by atoms with Gasteiger partial charge in [-0.3, -0.25) is 14.2 Å². The first kappa shape index (κ1) is 27.3. The number of hydrogen-bond donors (Lipinski definition) is 1. The first-order chi connectivity index (χ1) is 19.9. The van der Waals surface area contributed by atoms with Crippen LogP contribution in [0.3, 0.4) is 0 Å². The number of nitrogens with one attached hydrogen (secondary N) is 1. The zero-order valence-corrected chi connectivity index (χ0v) is 25.1. The molecule has 8 nitrogen and oxygen atoms in total. The van der Waals surface area contributed by atoms with Crippen molar-refractivity contribution in [2.24, 2.45) is 4.99 Å². The van der Waals surface area contributed by atoms with E-state index < -0.39 is 6.04 Å². The number of allylic oxidation sites excluding steroid dienone is 1. The van der Waals surface area contributed by atoms with Gasteiger partial charge in [0.05, 0.1) is 33.4 Å². The average Bonchev–Trinajstić information content (AvgIpc) is 3.51. The molecule has 0 saturated carbocycles. The number of halogens is 1. The van der Waals surface area contributed by atoms with Crippen molar-refractivity contribution >= 4 is 50.8 Å². The van der Waals surface area contributed by atoms with E-state index in [1.165, 1.54) is 17.8 Å². The maximum Gasteiger partial charge on any atom is 0.271 e. The number of furan rings is 1. The molecule has 2 aromatic heterocycles. The van der Waals surface area contributed by atoms with Gasteiger partial charge in [0.1, 0.15) is 11.5 Å². The first-order valence-corrected chi connectivity index (χ1v) is 15.1. The van der Waals surface area contributed by atoms with Crippen molar-refractivity contribution in [2.75, 3.05) is 30.4 Å². The molecule has 41 heavy (non-hydrogen) atoms. The second-order valence-corrected chi connectivity index (χ2v) is 11.9. The third-order valence-corrected chi connectivity index (χ3v) is 8.86. The molecule has 2 aromatic carbocycles. The summed E-state index contributed by atoms with van der Waals surface area (Å²) in [5, 5.41) is 2.97. The summed E-state index contributed by atoms with van der Waals surface area (Å²) in [5.41, 5.74) is 2.11. The maximum absolute atomic E-state index is 14.0. The summed E-state index contributed by atoms with van der Waals surface area (Å²) >= 11 is 4.92. The summed E-state index contributed by atoms with van der Waals surface area (Å²) in [6.07, 6.45) is 5.24. The molecule has 6 rings (SSSR count). The molecule has 1 atom stereocenters. The fourth-order valence-corrected chi connectivity index (χ4v) is 6.93. The summed E-state index contributed by atoms with van der Waals surface area (Å²) in [6.45, 7) is 3.70. The Morgan fingerprint density at radius 1 is 1.12 bits per heavy atom. The normalized spacial score (nSPS) is 17.3. The van der Waals surface area contributed by atoms with E-state index in [9.17, 15) is 9.59 Å². The van der Waals surface area contributed by atoms with Crippen molar-refractivity contribution < 1.29 is 13.9 Å². The highest BCUT2D eigenvalue weighted by molar-refractivity contribution is 9.10. The topological polar surface area (TPSA) is 89.1 Å². The third kappa shape index (κ3) is 5.41. The Hall–Kier alpha value is -3.89. The molecule has 4 heterocycles. The summed E-state index contributed by atoms with van der Waals surface area (Å²) in [6, 6.07) is 17.9. The quantitative estimate of drug-likeness (QED) is 0.314. The Balaban J connectivity index is 1.46. The van der Waals surface area contributed by atoms with E-state index in [0.717, 1.165) is 41.9 Å². The van der Waals surface area contributed by atoms with Gasteiger partial charge in [-0.1, -0.05) is 41.7 Å². The van der Waals surface area contributed by atoms with Gasteiger partial charge >= 0.3 is 0 Å². The Morgan fingerprint density at radius 3 is 2.66 bits per heavy atom. The molecule has 0 radical (unpaired) electrons. The maximum atomic E-state index is 14.0. The lowest BCUT2D eigenvalue weighted by atomic mass is 9.95. The predicted molar refractivity (Wildman–Crippen MR) is 164 cm³/mol. The minimum atomic E-state index is -0.695. The van der Waals surface area contributed by atoms with Crippen LogP contribution in [0.4, 0.5) is 11.6 Å². The number of carbonyl (C=O) groups excluding carboxylic acids is 1. The number of para-hydroxylation sites is 1. The zero-order valence-electron chi connectivity index (χ0n) is 22.7. The van der Waals surface area contributed by atoms with Gasteiger partial charge in [0.15, 0.2) is 4.80 Å². The van der Waals surface area contributed by atoms with Crippen LogP contribution in [0, 0.1) is 0 Å². The highest BCUT2D eigenvalue weighted by Crippen LogP contribution is 2.34. The molecule has 4 aromatic rings. The van der Waals surface area contributed by atoms with Gasteiger partial charge in [-0.05, 0) is 71.9 Å². The van der Waals surface area contributed by atoms with Gasteiger partial charge in [-0.25, -0.2) is 4.99 Å². The number of hydrogen-bond acceptors (Lipinski definition) is 7. The fourth-order valence-electron chi connectivity index (χ4n) is 5.35. The van der Waals surface area contributed by atoms with Crippen molar-refractivity contribution in [2.45, 2.75) is 32.2 Å². The molecule has 0 unspecified atom stereocenters. The molecule has 1 amide bonds. The second kappa shape index (κ2) is 11.5. The first-order valence-electron chi connectivity index (χ1n) is 13.5. The molecule has 1 fully saturated rings. The number of methoxy groups -OCH3 is 1. The molecule has 0 spiro atoms. The Kier molecular flexibility index (Phi) is 7.68. The van der Waals surface area contributed by atoms with Crippen LogP contribution in [0.2, 0.25) is 0 Å². The van der Waals surface area contributed by atoms with E-state index in [0.29, 0.717) is 37.8 Å². The smallest absolute Gasteiger partial charge is 0.271 e. The third-order valence-electron chi connectivity index (χ3n) is 7.31. The molecular weight excluding hydrogens is 604 g/mol. The van der Waals surface area contributed by atoms with Crippen LogP contribution in [-0.2, 0) is 4.79 Å². The molecule has 0 bridgehead atoms. The zero-order chi connectivity index (χ0) is 28.5. The fraction of sp³-hybridized carbons (Fsp3) is 0.258. The van der Waals surface area contributed by atoms with Crippen molar-refractivity contribution in [3.05, 3.63) is 107 Å². The number of carbonyl (C=O) groups is 1. The SMILES string of the molecule is COc1cccc([C@H]2C(C(=O)Nc3ccccc3)=C(C)N=c3s/c(=C/c4cc(Br)c(N5CCCCC5)o4)c(=O)n32)c1. The average molecular weight is 634 g/mol. The molecule has 1 saturated heterocycles. The van der Waals surface area contributed by atoms with Crippen LogP contribution in [0.15, 0.2) is 90.6 Å². The van der Waals surface area contributed by atoms with Crippen LogP contribution in [0.25, 0.3) is 6.08 Å². The van der Waals surface area contributed by atoms with Crippen LogP contribution in [0.1, 0.15) is 43.6 Å². The lowest BCUT2D eigenvalue weighted by Crippen LogP contribution is -2.40.